The van der Waals surface area contributed by atoms with Crippen LogP contribution >= 0.6 is 0 Å². The predicted octanol–water partition coefficient (Wildman–Crippen LogP) is 1.68. The first-order chi connectivity index (χ1) is 10.0. The lowest BCUT2D eigenvalue weighted by Crippen LogP contribution is -2.17. The molecule has 6 nitrogen and oxygen atoms in total. The number of ether oxygens (including phenoxy) is 2. The maximum atomic E-state index is 12.0. The summed E-state index contributed by atoms with van der Waals surface area (Å²) < 4.78 is 10.5. The second kappa shape index (κ2) is 6.58. The summed E-state index contributed by atoms with van der Waals surface area (Å²) in [6.45, 7) is 2.76. The number of anilines is 1. The molecule has 0 aromatic heterocycles. The van der Waals surface area contributed by atoms with Gasteiger partial charge in [0.25, 0.3) is 0 Å². The fourth-order valence-corrected chi connectivity index (χ4v) is 2.07. The minimum absolute atomic E-state index is 0.275. The summed E-state index contributed by atoms with van der Waals surface area (Å²) in [7, 11) is 1.58. The van der Waals surface area contributed by atoms with Gasteiger partial charge < -0.3 is 19.9 Å². The van der Waals surface area contributed by atoms with E-state index >= 15 is 0 Å². The van der Waals surface area contributed by atoms with Crippen LogP contribution in [0.1, 0.15) is 12.0 Å². The molecule has 6 heteroatoms. The monoisotopic (exact) mass is 293 g/mol. The lowest BCUT2D eigenvalue weighted by molar-refractivity contribution is -0.139. The molecule has 1 aromatic rings. The summed E-state index contributed by atoms with van der Waals surface area (Å²) in [5.74, 6) is -1.64. The van der Waals surface area contributed by atoms with Crippen LogP contribution in [0.3, 0.4) is 0 Å². The van der Waals surface area contributed by atoms with Crippen molar-refractivity contribution in [2.24, 2.45) is 11.8 Å². The normalized spacial score (nSPS) is 19.9. The summed E-state index contributed by atoms with van der Waals surface area (Å²) in [6.07, 6.45) is 0.396. The fraction of sp³-hybridized carbons (Fsp3) is 0.467. The number of amides is 1. The van der Waals surface area contributed by atoms with Crippen molar-refractivity contribution in [3.63, 3.8) is 0 Å². The summed E-state index contributed by atoms with van der Waals surface area (Å²) >= 11 is 0. The molecule has 1 aliphatic rings. The molecule has 2 rings (SSSR count). The smallest absolute Gasteiger partial charge is 0.307 e. The molecule has 21 heavy (non-hydrogen) atoms. The van der Waals surface area contributed by atoms with E-state index in [1.807, 2.05) is 19.1 Å². The van der Waals surface area contributed by atoms with Crippen molar-refractivity contribution in [2.45, 2.75) is 13.3 Å². The van der Waals surface area contributed by atoms with E-state index in [4.69, 9.17) is 14.6 Å². The number of hydrogen-bond acceptors (Lipinski definition) is 4. The van der Waals surface area contributed by atoms with Crippen LogP contribution in [0.15, 0.2) is 18.2 Å². The number of rotatable bonds is 7. The van der Waals surface area contributed by atoms with Gasteiger partial charge in [0.15, 0.2) is 0 Å². The highest BCUT2D eigenvalue weighted by Crippen LogP contribution is 2.40. The molecule has 0 saturated heterocycles. The van der Waals surface area contributed by atoms with Gasteiger partial charge >= 0.3 is 5.97 Å². The van der Waals surface area contributed by atoms with Crippen LogP contribution in [0.2, 0.25) is 0 Å². The molecular formula is C15H19NO5. The quantitative estimate of drug-likeness (QED) is 0.747. The third-order valence-electron chi connectivity index (χ3n) is 3.38. The summed E-state index contributed by atoms with van der Waals surface area (Å²) in [4.78, 5) is 22.8. The molecule has 2 unspecified atom stereocenters. The molecule has 0 radical (unpaired) electrons. The molecule has 2 atom stereocenters. The Hall–Kier alpha value is -2.08. The number of hydrogen-bond donors (Lipinski definition) is 2. The van der Waals surface area contributed by atoms with Crippen molar-refractivity contribution in [1.82, 2.24) is 0 Å². The predicted molar refractivity (Wildman–Crippen MR) is 76.4 cm³/mol. The third-order valence-corrected chi connectivity index (χ3v) is 3.38. The average molecular weight is 293 g/mol. The summed E-state index contributed by atoms with van der Waals surface area (Å²) in [5, 5.41) is 11.6. The van der Waals surface area contributed by atoms with Gasteiger partial charge in [-0.3, -0.25) is 9.59 Å². The van der Waals surface area contributed by atoms with E-state index in [-0.39, 0.29) is 5.91 Å². The van der Waals surface area contributed by atoms with Crippen molar-refractivity contribution in [1.29, 1.82) is 0 Å². The van der Waals surface area contributed by atoms with Gasteiger partial charge in [-0.1, -0.05) is 6.07 Å². The molecule has 1 amide bonds. The van der Waals surface area contributed by atoms with Crippen molar-refractivity contribution < 1.29 is 24.2 Å². The van der Waals surface area contributed by atoms with E-state index in [1.54, 1.807) is 13.2 Å². The van der Waals surface area contributed by atoms with Crippen molar-refractivity contribution in [3.05, 3.63) is 23.8 Å². The summed E-state index contributed by atoms with van der Waals surface area (Å²) in [5.41, 5.74) is 1.56. The molecule has 0 bridgehead atoms. The third kappa shape index (κ3) is 3.95. The number of carboxylic acid groups (broad SMARTS) is 1. The Labute approximate surface area is 123 Å². The van der Waals surface area contributed by atoms with Gasteiger partial charge in [-0.2, -0.15) is 0 Å². The minimum atomic E-state index is -0.921. The van der Waals surface area contributed by atoms with Crippen LogP contribution in [0, 0.1) is 18.8 Å². The molecule has 2 N–H and O–H groups in total. The molecule has 1 saturated carbocycles. The second-order valence-electron chi connectivity index (χ2n) is 5.12. The van der Waals surface area contributed by atoms with E-state index in [0.29, 0.717) is 31.1 Å². The fourth-order valence-electron chi connectivity index (χ4n) is 2.07. The number of benzene rings is 1. The molecule has 0 heterocycles. The number of carbonyl (C=O) groups is 2. The van der Waals surface area contributed by atoms with Crippen LogP contribution in [-0.4, -0.2) is 37.3 Å². The van der Waals surface area contributed by atoms with E-state index < -0.39 is 17.8 Å². The number of nitrogens with one attached hydrogen (secondary N) is 1. The zero-order chi connectivity index (χ0) is 15.4. The lowest BCUT2D eigenvalue weighted by Gasteiger charge is -2.13. The SMILES string of the molecule is COCCOc1cc(C)ccc1NC(=O)C1CC1C(=O)O. The van der Waals surface area contributed by atoms with Crippen LogP contribution in [-0.2, 0) is 14.3 Å². The van der Waals surface area contributed by atoms with Crippen molar-refractivity contribution >= 4 is 17.6 Å². The maximum Gasteiger partial charge on any atom is 0.307 e. The van der Waals surface area contributed by atoms with Crippen molar-refractivity contribution in [2.75, 3.05) is 25.6 Å². The Morgan fingerprint density at radius 2 is 2.10 bits per heavy atom. The van der Waals surface area contributed by atoms with E-state index in [2.05, 4.69) is 5.32 Å². The largest absolute Gasteiger partial charge is 0.489 e. The zero-order valence-electron chi connectivity index (χ0n) is 12.1. The van der Waals surface area contributed by atoms with Crippen LogP contribution in [0.25, 0.3) is 0 Å². The molecule has 1 aliphatic carbocycles. The Balaban J connectivity index is 2.02. The van der Waals surface area contributed by atoms with Crippen LogP contribution in [0.4, 0.5) is 5.69 Å². The standard InChI is InChI=1S/C15H19NO5/c1-9-3-4-12(13(7-9)21-6-5-20-2)16-14(17)10-8-11(10)15(18)19/h3-4,7,10-11H,5-6,8H2,1-2H3,(H,16,17)(H,18,19). The van der Waals surface area contributed by atoms with Gasteiger partial charge in [-0.25, -0.2) is 0 Å². The first-order valence-electron chi connectivity index (χ1n) is 6.79. The van der Waals surface area contributed by atoms with Gasteiger partial charge in [-0.15, -0.1) is 0 Å². The molecule has 1 fully saturated rings. The Morgan fingerprint density at radius 1 is 1.33 bits per heavy atom. The lowest BCUT2D eigenvalue weighted by atomic mass is 10.2. The molecule has 0 spiro atoms. The molecule has 114 valence electrons. The van der Waals surface area contributed by atoms with E-state index in [0.717, 1.165) is 5.56 Å². The highest BCUT2D eigenvalue weighted by molar-refractivity contribution is 5.99. The average Bonchev–Trinajstić information content (AvgIpc) is 3.22. The van der Waals surface area contributed by atoms with Crippen LogP contribution in [0.5, 0.6) is 5.75 Å². The van der Waals surface area contributed by atoms with Gasteiger partial charge in [0.05, 0.1) is 24.1 Å². The van der Waals surface area contributed by atoms with Crippen molar-refractivity contribution in [3.8, 4) is 5.75 Å². The Morgan fingerprint density at radius 3 is 2.71 bits per heavy atom. The second-order valence-corrected chi connectivity index (χ2v) is 5.12. The topological polar surface area (TPSA) is 84.9 Å². The van der Waals surface area contributed by atoms with E-state index in [1.165, 1.54) is 0 Å². The van der Waals surface area contributed by atoms with Gasteiger partial charge in [0, 0.05) is 7.11 Å². The van der Waals surface area contributed by atoms with Crippen LogP contribution < -0.4 is 10.1 Å². The van der Waals surface area contributed by atoms with E-state index in [9.17, 15) is 9.59 Å². The van der Waals surface area contributed by atoms with Gasteiger partial charge in [-0.05, 0) is 31.0 Å². The Kier molecular flexibility index (Phi) is 4.80. The highest BCUT2D eigenvalue weighted by Gasteiger charge is 2.48. The molecule has 0 aliphatic heterocycles. The highest BCUT2D eigenvalue weighted by atomic mass is 16.5. The number of carbonyl (C=O) groups excluding carboxylic acids is 1. The first kappa shape index (κ1) is 15.3. The zero-order valence-corrected chi connectivity index (χ0v) is 12.1. The Bertz CT molecular complexity index is 543. The number of aryl methyl sites for hydroxylation is 1. The minimum Gasteiger partial charge on any atom is -0.489 e. The molecule has 1 aromatic carbocycles. The number of aliphatic carboxylic acids is 1. The summed E-state index contributed by atoms with van der Waals surface area (Å²) in [6, 6.07) is 5.45. The van der Waals surface area contributed by atoms with Gasteiger partial charge in [0.2, 0.25) is 5.91 Å². The maximum absolute atomic E-state index is 12.0. The molecular weight excluding hydrogens is 274 g/mol. The first-order valence-corrected chi connectivity index (χ1v) is 6.79. The van der Waals surface area contributed by atoms with Gasteiger partial charge in [0.1, 0.15) is 12.4 Å². The number of carboxylic acids is 1. The number of methoxy groups -OCH3 is 1.